The number of fused-ring (bicyclic) bond motifs is 5. The van der Waals surface area contributed by atoms with Gasteiger partial charge in [-0.25, -0.2) is 0 Å². The summed E-state index contributed by atoms with van der Waals surface area (Å²) in [4.78, 5) is 30.9. The van der Waals surface area contributed by atoms with Crippen LogP contribution in [-0.2, 0) is 9.59 Å². The third-order valence-corrected chi connectivity index (χ3v) is 6.15. The van der Waals surface area contributed by atoms with Crippen LogP contribution in [0.3, 0.4) is 0 Å². The minimum atomic E-state index is -0.0821. The molecule has 0 aromatic carbocycles. The van der Waals surface area contributed by atoms with Gasteiger partial charge in [0.15, 0.2) is 5.96 Å². The van der Waals surface area contributed by atoms with Crippen molar-refractivity contribution >= 4 is 53.5 Å². The molecular weight excluding hydrogens is 463 g/mol. The van der Waals surface area contributed by atoms with Crippen molar-refractivity contribution in [2.24, 2.45) is 28.7 Å². The van der Waals surface area contributed by atoms with Crippen LogP contribution in [0.25, 0.3) is 0 Å². The fourth-order valence-electron chi connectivity index (χ4n) is 4.27. The van der Waals surface area contributed by atoms with E-state index in [1.165, 1.54) is 4.90 Å². The fraction of sp³-hybridized carbons (Fsp3) is 0.722. The lowest BCUT2D eigenvalue weighted by atomic mass is 9.85. The first-order chi connectivity index (χ1) is 12.2. The average Bonchev–Trinajstić information content (AvgIpc) is 3.29. The lowest BCUT2D eigenvalue weighted by molar-refractivity contribution is -0.140. The molecule has 4 atom stereocenters. The Bertz CT molecular complexity index is 554. The van der Waals surface area contributed by atoms with Crippen LogP contribution >= 0.6 is 35.7 Å². The highest BCUT2D eigenvalue weighted by Crippen LogP contribution is 2.52. The second kappa shape index (κ2) is 9.96. The number of carbonyl (C=O) groups excluding carboxylic acids is 2. The summed E-state index contributed by atoms with van der Waals surface area (Å²) in [5.74, 6) is 2.42. The number of hydrogen-bond donors (Lipinski definition) is 2. The molecule has 4 unspecified atom stereocenters. The molecule has 0 aromatic rings. The van der Waals surface area contributed by atoms with Crippen LogP contribution in [0.1, 0.15) is 19.3 Å². The minimum absolute atomic E-state index is 0. The molecule has 1 saturated heterocycles. The Morgan fingerprint density at radius 1 is 1.15 bits per heavy atom. The van der Waals surface area contributed by atoms with Gasteiger partial charge in [0.25, 0.3) is 0 Å². The van der Waals surface area contributed by atoms with Gasteiger partial charge in [-0.3, -0.25) is 19.5 Å². The van der Waals surface area contributed by atoms with Crippen molar-refractivity contribution in [3.05, 3.63) is 12.2 Å². The molecule has 2 aliphatic carbocycles. The molecule has 1 saturated carbocycles. The molecule has 3 rings (SSSR count). The maximum Gasteiger partial charge on any atom is 0.233 e. The van der Waals surface area contributed by atoms with E-state index in [-0.39, 0.29) is 47.6 Å². The molecule has 26 heavy (non-hydrogen) atoms. The lowest BCUT2D eigenvalue weighted by Gasteiger charge is -2.18. The van der Waals surface area contributed by atoms with Crippen LogP contribution < -0.4 is 10.6 Å². The number of rotatable bonds is 8. The zero-order valence-electron chi connectivity index (χ0n) is 15.4. The van der Waals surface area contributed by atoms with E-state index in [0.717, 1.165) is 37.5 Å². The van der Waals surface area contributed by atoms with Crippen LogP contribution in [-0.4, -0.2) is 61.4 Å². The highest BCUT2D eigenvalue weighted by atomic mass is 127. The van der Waals surface area contributed by atoms with Gasteiger partial charge in [-0.1, -0.05) is 12.2 Å². The highest BCUT2D eigenvalue weighted by Gasteiger charge is 2.58. The summed E-state index contributed by atoms with van der Waals surface area (Å²) in [5.41, 5.74) is 0. The van der Waals surface area contributed by atoms with E-state index in [1.54, 1.807) is 7.05 Å². The number of amides is 2. The molecule has 146 valence electrons. The van der Waals surface area contributed by atoms with Gasteiger partial charge < -0.3 is 10.6 Å². The standard InChI is InChI=1S/C18H28N4O2S.HI/c1-19-18(21-8-4-10-25-2)20-7-3-9-22-16(23)14-12-5-6-13(11-12)15(14)17(22)24;/h5-6,12-15H,3-4,7-11H2,1-2H3,(H2,19,20,21);1H. The number of allylic oxidation sites excluding steroid dienone is 2. The Kier molecular flexibility index (Phi) is 8.25. The third kappa shape index (κ3) is 4.37. The molecule has 2 fully saturated rings. The van der Waals surface area contributed by atoms with Gasteiger partial charge in [-0.15, -0.1) is 24.0 Å². The molecule has 6 nitrogen and oxygen atoms in total. The van der Waals surface area contributed by atoms with E-state index in [4.69, 9.17) is 0 Å². The van der Waals surface area contributed by atoms with Gasteiger partial charge in [-0.05, 0) is 43.1 Å². The maximum absolute atomic E-state index is 12.6. The predicted molar refractivity (Wildman–Crippen MR) is 117 cm³/mol. The molecule has 0 aromatic heterocycles. The summed E-state index contributed by atoms with van der Waals surface area (Å²) >= 11 is 1.83. The molecule has 1 aliphatic heterocycles. The molecule has 2 amide bonds. The second-order valence-corrected chi connectivity index (χ2v) is 7.94. The summed E-state index contributed by atoms with van der Waals surface area (Å²) in [5, 5.41) is 6.52. The number of guanidine groups is 1. The summed E-state index contributed by atoms with van der Waals surface area (Å²) in [7, 11) is 1.75. The van der Waals surface area contributed by atoms with Crippen molar-refractivity contribution in [1.29, 1.82) is 0 Å². The summed E-state index contributed by atoms with van der Waals surface area (Å²) < 4.78 is 0. The Hall–Kier alpha value is -0.770. The number of thioether (sulfide) groups is 1. The van der Waals surface area contributed by atoms with Crippen LogP contribution in [0, 0.1) is 23.7 Å². The third-order valence-electron chi connectivity index (χ3n) is 5.45. The monoisotopic (exact) mass is 492 g/mol. The van der Waals surface area contributed by atoms with Gasteiger partial charge in [0.1, 0.15) is 0 Å². The minimum Gasteiger partial charge on any atom is -0.356 e. The topological polar surface area (TPSA) is 73.8 Å². The smallest absolute Gasteiger partial charge is 0.233 e. The van der Waals surface area contributed by atoms with Crippen molar-refractivity contribution in [2.75, 3.05) is 38.7 Å². The number of carbonyl (C=O) groups is 2. The zero-order valence-corrected chi connectivity index (χ0v) is 18.6. The number of halogens is 1. The fourth-order valence-corrected chi connectivity index (χ4v) is 4.71. The number of nitrogens with zero attached hydrogens (tertiary/aromatic N) is 2. The van der Waals surface area contributed by atoms with E-state index >= 15 is 0 Å². The normalized spacial score (nSPS) is 29.2. The van der Waals surface area contributed by atoms with Crippen molar-refractivity contribution < 1.29 is 9.59 Å². The van der Waals surface area contributed by atoms with Crippen molar-refractivity contribution in [3.63, 3.8) is 0 Å². The Labute approximate surface area is 177 Å². The van der Waals surface area contributed by atoms with Gasteiger partial charge in [-0.2, -0.15) is 11.8 Å². The zero-order chi connectivity index (χ0) is 17.8. The quantitative estimate of drug-likeness (QED) is 0.135. The summed E-state index contributed by atoms with van der Waals surface area (Å²) in [6.45, 7) is 2.09. The van der Waals surface area contributed by atoms with E-state index in [9.17, 15) is 9.59 Å². The molecule has 3 aliphatic rings. The number of imide groups is 1. The number of hydrogen-bond acceptors (Lipinski definition) is 4. The molecule has 2 N–H and O–H groups in total. The first-order valence-electron chi connectivity index (χ1n) is 9.14. The van der Waals surface area contributed by atoms with Crippen LogP contribution in [0.4, 0.5) is 0 Å². The highest BCUT2D eigenvalue weighted by molar-refractivity contribution is 14.0. The van der Waals surface area contributed by atoms with E-state index in [0.29, 0.717) is 24.9 Å². The summed E-state index contributed by atoms with van der Waals surface area (Å²) in [6, 6.07) is 0. The van der Waals surface area contributed by atoms with Crippen molar-refractivity contribution in [2.45, 2.75) is 19.3 Å². The number of nitrogens with one attached hydrogen (secondary N) is 2. The molecule has 0 spiro atoms. The molecule has 1 heterocycles. The maximum atomic E-state index is 12.6. The summed E-state index contributed by atoms with van der Waals surface area (Å²) in [6.07, 6.45) is 9.19. The van der Waals surface area contributed by atoms with Crippen molar-refractivity contribution in [3.8, 4) is 0 Å². The Morgan fingerprint density at radius 2 is 1.73 bits per heavy atom. The van der Waals surface area contributed by atoms with Gasteiger partial charge in [0.2, 0.25) is 11.8 Å². The molecule has 2 bridgehead atoms. The molecule has 0 radical (unpaired) electrons. The average molecular weight is 492 g/mol. The Morgan fingerprint density at radius 3 is 2.27 bits per heavy atom. The number of aliphatic imine (C=N–C) groups is 1. The number of likely N-dealkylation sites (tertiary alicyclic amines) is 1. The molecule has 8 heteroatoms. The van der Waals surface area contributed by atoms with Crippen molar-refractivity contribution in [1.82, 2.24) is 15.5 Å². The van der Waals surface area contributed by atoms with E-state index in [1.807, 2.05) is 11.8 Å². The van der Waals surface area contributed by atoms with E-state index in [2.05, 4.69) is 34.0 Å². The lowest BCUT2D eigenvalue weighted by Crippen LogP contribution is -2.40. The first kappa shape index (κ1) is 21.5. The second-order valence-electron chi connectivity index (χ2n) is 6.95. The SMILES string of the molecule is CN=C(NCCCSC)NCCCN1C(=O)C2C3C=CC(C3)C2C1=O.I. The van der Waals surface area contributed by atoms with Crippen LogP contribution in [0.5, 0.6) is 0 Å². The Balaban J connectivity index is 0.00000243. The van der Waals surface area contributed by atoms with Gasteiger partial charge in [0, 0.05) is 26.7 Å². The largest absolute Gasteiger partial charge is 0.356 e. The van der Waals surface area contributed by atoms with E-state index < -0.39 is 0 Å². The molecular formula is C18H29IN4O2S. The van der Waals surface area contributed by atoms with Gasteiger partial charge >= 0.3 is 0 Å². The van der Waals surface area contributed by atoms with Gasteiger partial charge in [0.05, 0.1) is 11.8 Å². The predicted octanol–water partition coefficient (Wildman–Crippen LogP) is 1.72. The first-order valence-corrected chi connectivity index (χ1v) is 10.5. The van der Waals surface area contributed by atoms with Crippen LogP contribution in [0.2, 0.25) is 0 Å². The van der Waals surface area contributed by atoms with Crippen LogP contribution in [0.15, 0.2) is 17.1 Å².